The average Bonchev–Trinajstić information content (AvgIpc) is 2.71. The van der Waals surface area contributed by atoms with Gasteiger partial charge in [-0.15, -0.1) is 0 Å². The van der Waals surface area contributed by atoms with Gasteiger partial charge in [0.05, 0.1) is 29.6 Å². The zero-order valence-corrected chi connectivity index (χ0v) is 14.4. The van der Waals surface area contributed by atoms with Crippen LogP contribution >= 0.6 is 0 Å². The van der Waals surface area contributed by atoms with Gasteiger partial charge in [-0.05, 0) is 29.8 Å². The molecule has 4 rings (SSSR count). The minimum Gasteiger partial charge on any atom is -0.479 e. The summed E-state index contributed by atoms with van der Waals surface area (Å²) in [4.78, 5) is 16.6. The number of piperazine rings is 1. The molecule has 6 nitrogen and oxygen atoms in total. The lowest BCUT2D eigenvalue weighted by Gasteiger charge is -2.35. The molecule has 0 aliphatic carbocycles. The summed E-state index contributed by atoms with van der Waals surface area (Å²) in [6, 6.07) is 15.4. The van der Waals surface area contributed by atoms with E-state index in [1.165, 1.54) is 0 Å². The lowest BCUT2D eigenvalue weighted by Crippen LogP contribution is -2.44. The van der Waals surface area contributed by atoms with Crippen LogP contribution in [0.1, 0.15) is 11.1 Å². The Hall–Kier alpha value is -3.04. The second-order valence-corrected chi connectivity index (χ2v) is 6.44. The Balaban J connectivity index is 1.65. The molecule has 1 fully saturated rings. The molecule has 2 aromatic carbocycles. The Morgan fingerprint density at radius 2 is 1.81 bits per heavy atom. The Morgan fingerprint density at radius 1 is 1.08 bits per heavy atom. The van der Waals surface area contributed by atoms with Crippen molar-refractivity contribution in [1.29, 1.82) is 5.26 Å². The number of nitrogens with zero attached hydrogens (tertiary/aromatic N) is 3. The predicted molar refractivity (Wildman–Crippen MR) is 99.4 cm³/mol. The van der Waals surface area contributed by atoms with Gasteiger partial charge in [0.2, 0.25) is 0 Å². The summed E-state index contributed by atoms with van der Waals surface area (Å²) >= 11 is 0. The third-order valence-electron chi connectivity index (χ3n) is 4.79. The molecular weight excluding hydrogens is 328 g/mol. The number of fused-ring (bicyclic) bond motifs is 1. The number of para-hydroxylation sites is 1. The van der Waals surface area contributed by atoms with Gasteiger partial charge >= 0.3 is 0 Å². The van der Waals surface area contributed by atoms with E-state index in [0.717, 1.165) is 48.9 Å². The third kappa shape index (κ3) is 3.09. The van der Waals surface area contributed by atoms with Gasteiger partial charge in [0, 0.05) is 26.2 Å². The highest BCUT2D eigenvalue weighted by atomic mass is 16.5. The minimum absolute atomic E-state index is 0.0480. The van der Waals surface area contributed by atoms with Crippen molar-refractivity contribution >= 4 is 17.3 Å². The Kier molecular flexibility index (Phi) is 4.46. The first-order valence-corrected chi connectivity index (χ1v) is 8.77. The number of amides is 1. The van der Waals surface area contributed by atoms with Gasteiger partial charge in [0.15, 0.2) is 12.4 Å². The maximum Gasteiger partial charge on any atom is 0.265 e. The highest BCUT2D eigenvalue weighted by Gasteiger charge is 2.29. The normalized spacial score (nSPS) is 16.7. The van der Waals surface area contributed by atoms with Crippen molar-refractivity contribution in [3.63, 3.8) is 0 Å². The van der Waals surface area contributed by atoms with Gasteiger partial charge in [-0.25, -0.2) is 0 Å². The van der Waals surface area contributed by atoms with Crippen molar-refractivity contribution in [2.75, 3.05) is 42.6 Å². The number of hydrogen-bond acceptors (Lipinski definition) is 5. The van der Waals surface area contributed by atoms with E-state index in [0.29, 0.717) is 12.1 Å². The van der Waals surface area contributed by atoms with Crippen LogP contribution in [0.4, 0.5) is 11.4 Å². The molecule has 2 aromatic rings. The quantitative estimate of drug-likeness (QED) is 0.917. The molecule has 1 saturated heterocycles. The Labute approximate surface area is 152 Å². The first-order chi connectivity index (χ1) is 12.8. The van der Waals surface area contributed by atoms with Crippen LogP contribution in [0.15, 0.2) is 42.5 Å². The lowest BCUT2D eigenvalue weighted by atomic mass is 10.1. The number of benzene rings is 2. The fraction of sp³-hybridized carbons (Fsp3) is 0.300. The largest absolute Gasteiger partial charge is 0.479 e. The second-order valence-electron chi connectivity index (χ2n) is 6.44. The molecule has 132 valence electrons. The van der Waals surface area contributed by atoms with Crippen LogP contribution in [-0.4, -0.2) is 38.7 Å². The van der Waals surface area contributed by atoms with Crippen LogP contribution in [0, 0.1) is 11.3 Å². The number of carbonyl (C=O) groups excluding carboxylic acids is 1. The fourth-order valence-electron chi connectivity index (χ4n) is 3.41. The first-order valence-electron chi connectivity index (χ1n) is 8.77. The molecule has 26 heavy (non-hydrogen) atoms. The monoisotopic (exact) mass is 348 g/mol. The SMILES string of the molecule is N#Cc1ccc(CN2C(=O)COc3c(N4CCNCC4)cccc32)cc1. The van der Waals surface area contributed by atoms with Crippen LogP contribution in [0.3, 0.4) is 0 Å². The predicted octanol–water partition coefficient (Wildman–Crippen LogP) is 1.89. The van der Waals surface area contributed by atoms with E-state index in [-0.39, 0.29) is 12.5 Å². The van der Waals surface area contributed by atoms with Crippen molar-refractivity contribution in [1.82, 2.24) is 5.32 Å². The second kappa shape index (κ2) is 7.06. The molecule has 0 unspecified atom stereocenters. The molecule has 0 radical (unpaired) electrons. The number of anilines is 2. The van der Waals surface area contributed by atoms with Gasteiger partial charge in [-0.2, -0.15) is 5.26 Å². The third-order valence-corrected chi connectivity index (χ3v) is 4.79. The minimum atomic E-state index is -0.0562. The number of hydrogen-bond donors (Lipinski definition) is 1. The molecule has 6 heteroatoms. The van der Waals surface area contributed by atoms with Crippen LogP contribution < -0.4 is 19.9 Å². The Morgan fingerprint density at radius 3 is 2.54 bits per heavy atom. The maximum atomic E-state index is 12.5. The van der Waals surface area contributed by atoms with E-state index in [1.54, 1.807) is 17.0 Å². The molecule has 2 heterocycles. The Bertz CT molecular complexity index is 851. The summed E-state index contributed by atoms with van der Waals surface area (Å²) in [6.45, 7) is 4.24. The summed E-state index contributed by atoms with van der Waals surface area (Å²) in [5.41, 5.74) is 3.45. The molecule has 1 amide bonds. The molecular formula is C20H20N4O2. The molecule has 1 N–H and O–H groups in total. The average molecular weight is 348 g/mol. The lowest BCUT2D eigenvalue weighted by molar-refractivity contribution is -0.121. The van der Waals surface area contributed by atoms with Crippen LogP contribution in [0.5, 0.6) is 5.75 Å². The van der Waals surface area contributed by atoms with Crippen LogP contribution in [-0.2, 0) is 11.3 Å². The van der Waals surface area contributed by atoms with Crippen molar-refractivity contribution < 1.29 is 9.53 Å². The number of rotatable bonds is 3. The van der Waals surface area contributed by atoms with E-state index < -0.39 is 0 Å². The van der Waals surface area contributed by atoms with Gasteiger partial charge in [0.25, 0.3) is 5.91 Å². The van der Waals surface area contributed by atoms with Gasteiger partial charge in [-0.1, -0.05) is 18.2 Å². The standard InChI is InChI=1S/C20H20N4O2/c21-12-15-4-6-16(7-5-15)13-24-18-3-1-2-17(20(18)26-14-19(24)25)23-10-8-22-9-11-23/h1-7,22H,8-11,13-14H2. The summed E-state index contributed by atoms with van der Waals surface area (Å²) < 4.78 is 5.83. The van der Waals surface area contributed by atoms with E-state index in [1.807, 2.05) is 24.3 Å². The molecule has 0 aromatic heterocycles. The zero-order valence-electron chi connectivity index (χ0n) is 14.4. The van der Waals surface area contributed by atoms with E-state index in [4.69, 9.17) is 10.00 Å². The first kappa shape index (κ1) is 16.4. The van der Waals surface area contributed by atoms with E-state index in [9.17, 15) is 4.79 Å². The maximum absolute atomic E-state index is 12.5. The van der Waals surface area contributed by atoms with Gasteiger partial charge in [-0.3, -0.25) is 4.79 Å². The van der Waals surface area contributed by atoms with Crippen molar-refractivity contribution in [3.05, 3.63) is 53.6 Å². The number of ether oxygens (including phenoxy) is 1. The number of nitriles is 1. The van der Waals surface area contributed by atoms with Crippen molar-refractivity contribution in [2.24, 2.45) is 0 Å². The molecule has 0 bridgehead atoms. The van der Waals surface area contributed by atoms with Crippen molar-refractivity contribution in [3.8, 4) is 11.8 Å². The van der Waals surface area contributed by atoms with Gasteiger partial charge in [0.1, 0.15) is 0 Å². The van der Waals surface area contributed by atoms with E-state index >= 15 is 0 Å². The molecule has 2 aliphatic rings. The molecule has 0 atom stereocenters. The fourth-order valence-corrected chi connectivity index (χ4v) is 3.41. The van der Waals surface area contributed by atoms with Crippen LogP contribution in [0.25, 0.3) is 0 Å². The summed E-state index contributed by atoms with van der Waals surface area (Å²) in [6.07, 6.45) is 0. The highest BCUT2D eigenvalue weighted by Crippen LogP contribution is 2.41. The topological polar surface area (TPSA) is 68.6 Å². The van der Waals surface area contributed by atoms with Crippen molar-refractivity contribution in [2.45, 2.75) is 6.54 Å². The highest BCUT2D eigenvalue weighted by molar-refractivity contribution is 5.99. The van der Waals surface area contributed by atoms with Gasteiger partial charge < -0.3 is 19.9 Å². The number of carbonyl (C=O) groups is 1. The summed E-state index contributed by atoms with van der Waals surface area (Å²) in [5.74, 6) is 0.724. The summed E-state index contributed by atoms with van der Waals surface area (Å²) in [7, 11) is 0. The smallest absolute Gasteiger partial charge is 0.265 e. The molecule has 0 spiro atoms. The van der Waals surface area contributed by atoms with E-state index in [2.05, 4.69) is 22.4 Å². The molecule has 0 saturated carbocycles. The molecule has 2 aliphatic heterocycles. The zero-order chi connectivity index (χ0) is 17.9. The summed E-state index contributed by atoms with van der Waals surface area (Å²) in [5, 5.41) is 12.3. The van der Waals surface area contributed by atoms with Crippen LogP contribution in [0.2, 0.25) is 0 Å². The number of nitrogens with one attached hydrogen (secondary N) is 1.